The molecule has 0 aliphatic rings. The molecule has 0 saturated carbocycles. The topological polar surface area (TPSA) is 59.8 Å². The lowest BCUT2D eigenvalue weighted by Gasteiger charge is -2.09. The number of hydrogen-bond donors (Lipinski definition) is 1. The smallest absolute Gasteiger partial charge is 0.255 e. The van der Waals surface area contributed by atoms with Crippen molar-refractivity contribution in [2.75, 3.05) is 0 Å². The average molecular weight is 366 g/mol. The molecule has 3 aromatic rings. The van der Waals surface area contributed by atoms with E-state index in [9.17, 15) is 9.18 Å². The monoisotopic (exact) mass is 366 g/mol. The fourth-order valence-corrected chi connectivity index (χ4v) is 3.01. The molecule has 1 amide bonds. The van der Waals surface area contributed by atoms with Crippen LogP contribution in [0, 0.1) is 5.82 Å². The Hall–Kier alpha value is -3.02. The van der Waals surface area contributed by atoms with Gasteiger partial charge >= 0.3 is 0 Å². The lowest BCUT2D eigenvalue weighted by molar-refractivity contribution is 0.0948. The van der Waals surface area contributed by atoms with Gasteiger partial charge < -0.3 is 5.32 Å². The first kappa shape index (κ1) is 18.8. The molecule has 140 valence electrons. The molecule has 2 aromatic heterocycles. The van der Waals surface area contributed by atoms with Crippen LogP contribution in [0.25, 0.3) is 5.69 Å². The van der Waals surface area contributed by atoms with Crippen molar-refractivity contribution in [1.29, 1.82) is 0 Å². The van der Waals surface area contributed by atoms with Crippen molar-refractivity contribution in [2.24, 2.45) is 0 Å². The highest BCUT2D eigenvalue weighted by molar-refractivity contribution is 5.96. The van der Waals surface area contributed by atoms with E-state index in [1.54, 1.807) is 23.0 Å². The molecule has 27 heavy (non-hydrogen) atoms. The van der Waals surface area contributed by atoms with Crippen molar-refractivity contribution in [3.05, 3.63) is 77.1 Å². The minimum atomic E-state index is -0.304. The number of aromatic nitrogens is 3. The lowest BCUT2D eigenvalue weighted by Crippen LogP contribution is -2.25. The number of carbonyl (C=O) groups is 1. The largest absolute Gasteiger partial charge is 0.346 e. The van der Waals surface area contributed by atoms with E-state index in [2.05, 4.69) is 15.4 Å². The quantitative estimate of drug-likeness (QED) is 0.717. The van der Waals surface area contributed by atoms with Gasteiger partial charge in [0.25, 0.3) is 5.91 Å². The molecule has 0 radical (unpaired) electrons. The molecule has 1 aromatic carbocycles. The van der Waals surface area contributed by atoms with E-state index in [1.165, 1.54) is 12.1 Å². The maximum absolute atomic E-state index is 13.3. The first-order valence-corrected chi connectivity index (χ1v) is 9.07. The summed E-state index contributed by atoms with van der Waals surface area (Å²) >= 11 is 0. The predicted molar refractivity (Wildman–Crippen MR) is 102 cm³/mol. The minimum absolute atomic E-state index is 0.0765. The van der Waals surface area contributed by atoms with E-state index in [4.69, 9.17) is 0 Å². The molecular weight excluding hydrogens is 343 g/mol. The van der Waals surface area contributed by atoms with Crippen LogP contribution in [-0.4, -0.2) is 20.7 Å². The van der Waals surface area contributed by atoms with E-state index in [1.807, 2.05) is 39.0 Å². The number of hydrogen-bond acceptors (Lipinski definition) is 3. The van der Waals surface area contributed by atoms with Gasteiger partial charge in [-0.2, -0.15) is 5.10 Å². The van der Waals surface area contributed by atoms with E-state index in [-0.39, 0.29) is 17.6 Å². The Morgan fingerprint density at radius 2 is 1.93 bits per heavy atom. The van der Waals surface area contributed by atoms with Gasteiger partial charge in [0.05, 0.1) is 34.9 Å². The van der Waals surface area contributed by atoms with Gasteiger partial charge in [-0.15, -0.1) is 0 Å². The number of amides is 1. The molecule has 3 rings (SSSR count). The molecule has 5 nitrogen and oxygen atoms in total. The molecule has 0 spiro atoms. The predicted octanol–water partition coefficient (Wildman–Crippen LogP) is 4.02. The van der Waals surface area contributed by atoms with Crippen molar-refractivity contribution in [3.8, 4) is 5.69 Å². The maximum atomic E-state index is 13.3. The third-order valence-electron chi connectivity index (χ3n) is 4.34. The lowest BCUT2D eigenvalue weighted by atomic mass is 10.0. The van der Waals surface area contributed by atoms with E-state index in [0.29, 0.717) is 18.5 Å². The molecule has 1 N–H and O–H groups in total. The van der Waals surface area contributed by atoms with E-state index < -0.39 is 0 Å². The van der Waals surface area contributed by atoms with E-state index in [0.717, 1.165) is 22.8 Å². The van der Waals surface area contributed by atoms with Gasteiger partial charge in [0.15, 0.2) is 0 Å². The highest BCUT2D eigenvalue weighted by atomic mass is 19.1. The number of rotatable bonds is 6. The molecule has 0 atom stereocenters. The van der Waals surface area contributed by atoms with Crippen LogP contribution < -0.4 is 5.32 Å². The summed E-state index contributed by atoms with van der Waals surface area (Å²) in [6.45, 7) is 6.34. The second kappa shape index (κ2) is 8.12. The van der Waals surface area contributed by atoms with Crippen molar-refractivity contribution < 1.29 is 9.18 Å². The molecule has 0 saturated heterocycles. The minimum Gasteiger partial charge on any atom is -0.346 e. The number of benzene rings is 1. The van der Waals surface area contributed by atoms with Crippen LogP contribution in [0.5, 0.6) is 0 Å². The Kier molecular flexibility index (Phi) is 5.64. The van der Waals surface area contributed by atoms with Crippen molar-refractivity contribution in [1.82, 2.24) is 20.1 Å². The second-order valence-electron chi connectivity index (χ2n) is 6.61. The summed E-state index contributed by atoms with van der Waals surface area (Å²) in [7, 11) is 0. The Bertz CT molecular complexity index is 917. The van der Waals surface area contributed by atoms with Crippen LogP contribution in [-0.2, 0) is 13.0 Å². The van der Waals surface area contributed by atoms with Gasteiger partial charge in [-0.05, 0) is 48.7 Å². The third kappa shape index (κ3) is 4.05. The van der Waals surface area contributed by atoms with Crippen molar-refractivity contribution in [3.63, 3.8) is 0 Å². The summed E-state index contributed by atoms with van der Waals surface area (Å²) in [5.74, 6) is -0.400. The molecule has 0 aliphatic carbocycles. The fraction of sp³-hybridized carbons (Fsp3) is 0.286. The average Bonchev–Trinajstić information content (AvgIpc) is 3.07. The summed E-state index contributed by atoms with van der Waals surface area (Å²) in [6, 6.07) is 11.7. The normalized spacial score (nSPS) is 11.0. The van der Waals surface area contributed by atoms with Gasteiger partial charge in [-0.1, -0.05) is 26.8 Å². The SMILES string of the molecule is CCc1c(C(=O)NCc2ccccn2)c(C(C)C)nn1-c1ccc(F)cc1. The van der Waals surface area contributed by atoms with Crippen LogP contribution in [0.1, 0.15) is 54.1 Å². The van der Waals surface area contributed by atoms with Crippen molar-refractivity contribution in [2.45, 2.75) is 39.7 Å². The second-order valence-corrected chi connectivity index (χ2v) is 6.61. The Balaban J connectivity index is 1.97. The fourth-order valence-electron chi connectivity index (χ4n) is 3.01. The number of nitrogens with zero attached hydrogens (tertiary/aromatic N) is 3. The zero-order valence-corrected chi connectivity index (χ0v) is 15.7. The van der Waals surface area contributed by atoms with Gasteiger partial charge in [0.1, 0.15) is 5.82 Å². The van der Waals surface area contributed by atoms with Crippen LogP contribution in [0.2, 0.25) is 0 Å². The zero-order valence-electron chi connectivity index (χ0n) is 15.7. The first-order chi connectivity index (χ1) is 13.0. The van der Waals surface area contributed by atoms with Crippen LogP contribution in [0.15, 0.2) is 48.7 Å². The molecule has 6 heteroatoms. The molecule has 0 bridgehead atoms. The highest BCUT2D eigenvalue weighted by Crippen LogP contribution is 2.25. The van der Waals surface area contributed by atoms with Gasteiger partial charge in [-0.25, -0.2) is 9.07 Å². The van der Waals surface area contributed by atoms with Crippen LogP contribution in [0.3, 0.4) is 0 Å². The first-order valence-electron chi connectivity index (χ1n) is 9.07. The van der Waals surface area contributed by atoms with Gasteiger partial charge in [0, 0.05) is 6.20 Å². The molecule has 0 aliphatic heterocycles. The van der Waals surface area contributed by atoms with Crippen molar-refractivity contribution >= 4 is 5.91 Å². The standard InChI is InChI=1S/C21H23FN4O/c1-4-18-19(21(27)24-13-16-7-5-6-12-23-16)20(14(2)3)25-26(18)17-10-8-15(22)9-11-17/h5-12,14H,4,13H2,1-3H3,(H,24,27). The number of nitrogens with one attached hydrogen (secondary N) is 1. The molecular formula is C21H23FN4O. The molecule has 2 heterocycles. The maximum Gasteiger partial charge on any atom is 0.255 e. The summed E-state index contributed by atoms with van der Waals surface area (Å²) < 4.78 is 15.0. The van der Waals surface area contributed by atoms with Gasteiger partial charge in [0.2, 0.25) is 0 Å². The Morgan fingerprint density at radius 1 is 1.19 bits per heavy atom. The van der Waals surface area contributed by atoms with Gasteiger partial charge in [-0.3, -0.25) is 9.78 Å². The summed E-state index contributed by atoms with van der Waals surface area (Å²) in [6.07, 6.45) is 2.33. The summed E-state index contributed by atoms with van der Waals surface area (Å²) in [5, 5.41) is 7.62. The number of pyridine rings is 1. The third-order valence-corrected chi connectivity index (χ3v) is 4.34. The highest BCUT2D eigenvalue weighted by Gasteiger charge is 2.25. The van der Waals surface area contributed by atoms with E-state index >= 15 is 0 Å². The number of carbonyl (C=O) groups excluding carboxylic acids is 1. The molecule has 0 unspecified atom stereocenters. The Labute approximate surface area is 158 Å². The Morgan fingerprint density at radius 3 is 2.52 bits per heavy atom. The summed E-state index contributed by atoms with van der Waals surface area (Å²) in [5.41, 5.74) is 3.66. The number of halogens is 1. The summed E-state index contributed by atoms with van der Waals surface area (Å²) in [4.78, 5) is 17.2. The van der Waals surface area contributed by atoms with Crippen LogP contribution in [0.4, 0.5) is 4.39 Å². The molecule has 0 fully saturated rings. The van der Waals surface area contributed by atoms with Crippen LogP contribution >= 0.6 is 0 Å². The zero-order chi connectivity index (χ0) is 19.4.